The average Bonchev–Trinajstić information content (AvgIpc) is 2.82. The highest BCUT2D eigenvalue weighted by Gasteiger charge is 2.35. The van der Waals surface area contributed by atoms with Gasteiger partial charge in [0, 0.05) is 38.3 Å². The molecule has 0 atom stereocenters. The van der Waals surface area contributed by atoms with E-state index in [1.165, 1.54) is 50.9 Å². The third-order valence-electron chi connectivity index (χ3n) is 5.84. The van der Waals surface area contributed by atoms with E-state index in [-0.39, 0.29) is 38.3 Å². The predicted octanol–water partition coefficient (Wildman–Crippen LogP) is 1.92. The number of rotatable bonds is 6. The van der Waals surface area contributed by atoms with Crippen LogP contribution in [0.4, 0.5) is 0 Å². The lowest BCUT2D eigenvalue weighted by atomic mass is 10.1. The summed E-state index contributed by atoms with van der Waals surface area (Å²) < 4.78 is 56.4. The Hall–Kier alpha value is -3.02. The van der Waals surface area contributed by atoms with Gasteiger partial charge in [-0.2, -0.15) is 4.31 Å². The third kappa shape index (κ3) is 3.75. The monoisotopic (exact) mass is 478 g/mol. The molecule has 1 saturated heterocycles. The largest absolute Gasteiger partial charge is 0.496 e. The van der Waals surface area contributed by atoms with Gasteiger partial charge in [-0.25, -0.2) is 8.42 Å². The van der Waals surface area contributed by atoms with Crippen LogP contribution in [-0.4, -0.2) is 79.3 Å². The van der Waals surface area contributed by atoms with E-state index in [0.29, 0.717) is 37.7 Å². The molecule has 1 aliphatic rings. The van der Waals surface area contributed by atoms with Crippen molar-refractivity contribution in [2.75, 3.05) is 61.7 Å². The SMILES string of the molecule is COc1cc2oc3c(S(=O)(=O)N4CCN(C)CC4)c(OC)cc(OC)c3c(=O)c2cc1OC. The molecule has 0 spiro atoms. The second kappa shape index (κ2) is 8.73. The van der Waals surface area contributed by atoms with Gasteiger partial charge >= 0.3 is 0 Å². The summed E-state index contributed by atoms with van der Waals surface area (Å²) in [5.74, 6) is 0.853. The summed E-state index contributed by atoms with van der Waals surface area (Å²) in [6.45, 7) is 1.77. The fourth-order valence-corrected chi connectivity index (χ4v) is 5.66. The molecule has 0 unspecified atom stereocenters. The zero-order valence-corrected chi connectivity index (χ0v) is 19.9. The first-order chi connectivity index (χ1) is 15.8. The number of ether oxygens (including phenoxy) is 4. The first-order valence-corrected chi connectivity index (χ1v) is 11.7. The van der Waals surface area contributed by atoms with Crippen LogP contribution in [0.2, 0.25) is 0 Å². The van der Waals surface area contributed by atoms with Gasteiger partial charge in [-0.05, 0) is 13.1 Å². The van der Waals surface area contributed by atoms with Crippen LogP contribution < -0.4 is 24.4 Å². The van der Waals surface area contributed by atoms with Gasteiger partial charge in [0.05, 0.1) is 33.8 Å². The summed E-state index contributed by atoms with van der Waals surface area (Å²) in [6.07, 6.45) is 0. The Kier molecular flexibility index (Phi) is 6.12. The molecule has 10 nitrogen and oxygen atoms in total. The first kappa shape index (κ1) is 23.1. The molecule has 0 N–H and O–H groups in total. The van der Waals surface area contributed by atoms with Crippen molar-refractivity contribution in [1.29, 1.82) is 0 Å². The molecule has 0 bridgehead atoms. The fourth-order valence-electron chi connectivity index (χ4n) is 3.99. The normalized spacial score (nSPS) is 15.7. The Morgan fingerprint density at radius 1 is 0.818 bits per heavy atom. The molecule has 0 amide bonds. The lowest BCUT2D eigenvalue weighted by Crippen LogP contribution is -2.47. The van der Waals surface area contributed by atoms with Crippen LogP contribution in [-0.2, 0) is 10.0 Å². The fraction of sp³-hybridized carbons (Fsp3) is 0.409. The van der Waals surface area contributed by atoms with E-state index in [2.05, 4.69) is 0 Å². The van der Waals surface area contributed by atoms with E-state index in [0.717, 1.165) is 0 Å². The van der Waals surface area contributed by atoms with Gasteiger partial charge in [0.1, 0.15) is 22.5 Å². The van der Waals surface area contributed by atoms with Gasteiger partial charge in [0.25, 0.3) is 10.0 Å². The van der Waals surface area contributed by atoms with E-state index in [4.69, 9.17) is 23.4 Å². The zero-order valence-electron chi connectivity index (χ0n) is 19.1. The summed E-state index contributed by atoms with van der Waals surface area (Å²) in [5, 5.41) is 0.206. The number of fused-ring (bicyclic) bond motifs is 2. The van der Waals surface area contributed by atoms with Crippen LogP contribution in [0, 0.1) is 0 Å². The molecule has 4 rings (SSSR count). The number of benzene rings is 2. The van der Waals surface area contributed by atoms with Crippen LogP contribution in [0.15, 0.2) is 32.3 Å². The summed E-state index contributed by atoms with van der Waals surface area (Å²) in [4.78, 5) is 15.4. The number of hydrogen-bond acceptors (Lipinski definition) is 9. The Bertz CT molecular complexity index is 1380. The van der Waals surface area contributed by atoms with Crippen LogP contribution >= 0.6 is 0 Å². The van der Waals surface area contributed by atoms with Crippen molar-refractivity contribution in [3.05, 3.63) is 28.4 Å². The standard InChI is InChI=1S/C22H26N2O8S/c1-23-6-8-24(9-7-23)33(26,27)22-18(31-5)12-17(30-4)19-20(25)13-10-15(28-2)16(29-3)11-14(13)32-21(19)22/h10-12H,6-9H2,1-5H3. The van der Waals surface area contributed by atoms with Crippen molar-refractivity contribution in [2.45, 2.75) is 4.90 Å². The Balaban J connectivity index is 2.11. The smallest absolute Gasteiger partial charge is 0.250 e. The van der Waals surface area contributed by atoms with Crippen molar-refractivity contribution < 1.29 is 31.8 Å². The maximum Gasteiger partial charge on any atom is 0.250 e. The second-order valence-corrected chi connectivity index (χ2v) is 9.53. The lowest BCUT2D eigenvalue weighted by molar-refractivity contribution is 0.222. The minimum atomic E-state index is -4.06. The van der Waals surface area contributed by atoms with Gasteiger partial charge in [-0.1, -0.05) is 0 Å². The predicted molar refractivity (Wildman–Crippen MR) is 122 cm³/mol. The molecular formula is C22H26N2O8S. The number of methoxy groups -OCH3 is 4. The molecule has 2 heterocycles. The Morgan fingerprint density at radius 3 is 1.97 bits per heavy atom. The maximum absolute atomic E-state index is 13.7. The van der Waals surface area contributed by atoms with Crippen molar-refractivity contribution in [3.8, 4) is 23.0 Å². The molecule has 2 aromatic carbocycles. The highest BCUT2D eigenvalue weighted by Crippen LogP contribution is 2.41. The van der Waals surface area contributed by atoms with Crippen molar-refractivity contribution in [2.24, 2.45) is 0 Å². The molecule has 1 fully saturated rings. The third-order valence-corrected chi connectivity index (χ3v) is 7.78. The molecule has 11 heteroatoms. The van der Waals surface area contributed by atoms with Gasteiger partial charge in [0.2, 0.25) is 5.43 Å². The number of sulfonamides is 1. The number of nitrogens with zero attached hydrogens (tertiary/aromatic N) is 2. The molecule has 1 aromatic heterocycles. The zero-order chi connectivity index (χ0) is 23.9. The Morgan fingerprint density at radius 2 is 1.39 bits per heavy atom. The topological polar surface area (TPSA) is 108 Å². The van der Waals surface area contributed by atoms with Crippen molar-refractivity contribution >= 4 is 32.0 Å². The number of piperazine rings is 1. The van der Waals surface area contributed by atoms with Crippen LogP contribution in [0.25, 0.3) is 21.9 Å². The van der Waals surface area contributed by atoms with Crippen molar-refractivity contribution in [1.82, 2.24) is 9.21 Å². The molecule has 178 valence electrons. The van der Waals surface area contributed by atoms with Gasteiger partial charge < -0.3 is 28.3 Å². The quantitative estimate of drug-likeness (QED) is 0.491. The molecule has 1 aliphatic heterocycles. The summed E-state index contributed by atoms with van der Waals surface area (Å²) in [6, 6.07) is 4.39. The number of likely N-dealkylation sites (N-methyl/N-ethyl adjacent to an activating group) is 1. The summed E-state index contributed by atoms with van der Waals surface area (Å²) in [5.41, 5.74) is -0.438. The van der Waals surface area contributed by atoms with Gasteiger partial charge in [-0.15, -0.1) is 0 Å². The van der Waals surface area contributed by atoms with Crippen molar-refractivity contribution in [3.63, 3.8) is 0 Å². The van der Waals surface area contributed by atoms with Crippen LogP contribution in [0.3, 0.4) is 0 Å². The minimum Gasteiger partial charge on any atom is -0.496 e. The van der Waals surface area contributed by atoms with E-state index < -0.39 is 15.5 Å². The molecule has 33 heavy (non-hydrogen) atoms. The van der Waals surface area contributed by atoms with Crippen LogP contribution in [0.5, 0.6) is 23.0 Å². The van der Waals surface area contributed by atoms with E-state index in [1.54, 1.807) is 0 Å². The highest BCUT2D eigenvalue weighted by atomic mass is 32.2. The molecule has 3 aromatic rings. The minimum absolute atomic E-state index is 0.00530. The van der Waals surface area contributed by atoms with E-state index >= 15 is 0 Å². The second-order valence-electron chi connectivity index (χ2n) is 7.66. The first-order valence-electron chi connectivity index (χ1n) is 10.2. The lowest BCUT2D eigenvalue weighted by Gasteiger charge is -2.32. The van der Waals surface area contributed by atoms with Crippen LogP contribution in [0.1, 0.15) is 0 Å². The molecule has 0 aliphatic carbocycles. The molecule has 0 saturated carbocycles. The Labute approximate surface area is 191 Å². The summed E-state index contributed by atoms with van der Waals surface area (Å²) in [7, 11) is 3.54. The maximum atomic E-state index is 13.7. The average molecular weight is 479 g/mol. The summed E-state index contributed by atoms with van der Waals surface area (Å²) >= 11 is 0. The molecule has 0 radical (unpaired) electrons. The van der Waals surface area contributed by atoms with Gasteiger partial charge in [-0.3, -0.25) is 4.79 Å². The highest BCUT2D eigenvalue weighted by molar-refractivity contribution is 7.89. The van der Waals surface area contributed by atoms with E-state index in [9.17, 15) is 13.2 Å². The van der Waals surface area contributed by atoms with E-state index in [1.807, 2.05) is 11.9 Å². The van der Waals surface area contributed by atoms with Gasteiger partial charge in [0.15, 0.2) is 22.0 Å². The number of hydrogen-bond donors (Lipinski definition) is 0. The molecular weight excluding hydrogens is 452 g/mol.